The van der Waals surface area contributed by atoms with E-state index in [-0.39, 0.29) is 0 Å². The first-order valence-electron chi connectivity index (χ1n) is 5.85. The third kappa shape index (κ3) is 1.36. The smallest absolute Gasteiger partial charge is 0.177 e. The van der Waals surface area contributed by atoms with Crippen LogP contribution in [0.5, 0.6) is 5.75 Å². The Kier molecular flexibility index (Phi) is 2.35. The van der Waals surface area contributed by atoms with Crippen molar-refractivity contribution in [2.24, 2.45) is 5.73 Å². The molecule has 18 heavy (non-hydrogen) atoms. The Hall–Kier alpha value is -1.94. The summed E-state index contributed by atoms with van der Waals surface area (Å²) < 4.78 is 16.9. The number of fused-ring (bicyclic) bond motifs is 2. The molecular weight excluding hydrogens is 230 g/mol. The van der Waals surface area contributed by atoms with E-state index in [0.717, 1.165) is 39.0 Å². The molecule has 0 saturated carbocycles. The van der Waals surface area contributed by atoms with Gasteiger partial charge in [0.1, 0.15) is 17.1 Å². The fraction of sp³-hybridized carbons (Fsp3) is 0.286. The van der Waals surface area contributed by atoms with Gasteiger partial charge in [-0.3, -0.25) is 0 Å². The average Bonchev–Trinajstić information content (AvgIpc) is 2.87. The van der Waals surface area contributed by atoms with E-state index in [9.17, 15) is 0 Å². The van der Waals surface area contributed by atoms with Gasteiger partial charge in [0.2, 0.25) is 0 Å². The molecule has 2 N–H and O–H groups in total. The summed E-state index contributed by atoms with van der Waals surface area (Å²) in [6.07, 6.45) is 0. The minimum absolute atomic E-state index is 0.406. The summed E-state index contributed by atoms with van der Waals surface area (Å²) >= 11 is 0. The number of furan rings is 2. The van der Waals surface area contributed by atoms with Crippen LogP contribution in [-0.2, 0) is 6.54 Å². The van der Waals surface area contributed by atoms with Gasteiger partial charge >= 0.3 is 0 Å². The summed E-state index contributed by atoms with van der Waals surface area (Å²) in [5.74, 6) is 2.38. The van der Waals surface area contributed by atoms with E-state index in [1.165, 1.54) is 0 Å². The molecule has 0 amide bonds. The van der Waals surface area contributed by atoms with Gasteiger partial charge in [-0.15, -0.1) is 0 Å². The average molecular weight is 245 g/mol. The third-order valence-electron chi connectivity index (χ3n) is 3.17. The van der Waals surface area contributed by atoms with E-state index in [4.69, 9.17) is 19.3 Å². The van der Waals surface area contributed by atoms with Crippen molar-refractivity contribution in [1.82, 2.24) is 0 Å². The van der Waals surface area contributed by atoms with E-state index in [1.54, 1.807) is 7.11 Å². The molecule has 0 aliphatic rings. The van der Waals surface area contributed by atoms with E-state index in [1.807, 2.05) is 26.0 Å². The third-order valence-corrected chi connectivity index (χ3v) is 3.17. The highest BCUT2D eigenvalue weighted by Crippen LogP contribution is 2.40. The number of ether oxygens (including phenoxy) is 1. The highest BCUT2D eigenvalue weighted by atomic mass is 16.5. The van der Waals surface area contributed by atoms with Gasteiger partial charge in [-0.2, -0.15) is 0 Å². The second kappa shape index (κ2) is 3.78. The number of nitrogens with two attached hydrogens (primary N) is 1. The molecule has 2 aromatic heterocycles. The van der Waals surface area contributed by atoms with Crippen molar-refractivity contribution in [1.29, 1.82) is 0 Å². The van der Waals surface area contributed by atoms with Gasteiger partial charge in [-0.25, -0.2) is 0 Å². The maximum absolute atomic E-state index is 5.85. The zero-order valence-corrected chi connectivity index (χ0v) is 10.7. The van der Waals surface area contributed by atoms with Gasteiger partial charge in [0.25, 0.3) is 0 Å². The Morgan fingerprint density at radius 2 is 1.67 bits per heavy atom. The Balaban J connectivity index is 2.58. The molecule has 3 rings (SSSR count). The highest BCUT2D eigenvalue weighted by molar-refractivity contribution is 6.04. The lowest BCUT2D eigenvalue weighted by Gasteiger charge is -2.06. The summed E-state index contributed by atoms with van der Waals surface area (Å²) in [5, 5.41) is 1.88. The monoisotopic (exact) mass is 245 g/mol. The number of hydrogen-bond acceptors (Lipinski definition) is 4. The number of hydrogen-bond donors (Lipinski definition) is 1. The molecule has 0 aliphatic heterocycles. The van der Waals surface area contributed by atoms with Crippen LogP contribution in [0.4, 0.5) is 0 Å². The largest absolute Gasteiger partial charge is 0.492 e. The van der Waals surface area contributed by atoms with Crippen molar-refractivity contribution in [3.8, 4) is 5.75 Å². The molecule has 0 fully saturated rings. The minimum Gasteiger partial charge on any atom is -0.492 e. The molecular formula is C14H15NO3. The van der Waals surface area contributed by atoms with Crippen LogP contribution in [-0.4, -0.2) is 7.11 Å². The summed E-state index contributed by atoms with van der Waals surface area (Å²) in [6.45, 7) is 4.22. The summed E-state index contributed by atoms with van der Waals surface area (Å²) in [6, 6.07) is 3.92. The topological polar surface area (TPSA) is 61.5 Å². The van der Waals surface area contributed by atoms with Gasteiger partial charge in [0, 0.05) is 17.5 Å². The van der Waals surface area contributed by atoms with Crippen molar-refractivity contribution in [2.75, 3.05) is 7.11 Å². The maximum atomic E-state index is 5.85. The molecule has 0 spiro atoms. The van der Waals surface area contributed by atoms with Crippen molar-refractivity contribution in [2.45, 2.75) is 20.4 Å². The number of aryl methyl sites for hydroxylation is 2. The van der Waals surface area contributed by atoms with Gasteiger partial charge in [0.05, 0.1) is 12.5 Å². The first kappa shape index (κ1) is 11.2. The first-order chi connectivity index (χ1) is 8.65. The summed E-state index contributed by atoms with van der Waals surface area (Å²) in [5.41, 5.74) is 8.34. The van der Waals surface area contributed by atoms with Crippen LogP contribution >= 0.6 is 0 Å². The van der Waals surface area contributed by atoms with E-state index in [0.29, 0.717) is 12.3 Å². The number of benzene rings is 1. The quantitative estimate of drug-likeness (QED) is 0.752. The SMILES string of the molecule is COc1c2cc(C)oc2c(CN)c2cc(C)oc12. The van der Waals surface area contributed by atoms with Gasteiger partial charge in [-0.1, -0.05) is 0 Å². The Morgan fingerprint density at radius 1 is 1.06 bits per heavy atom. The molecule has 94 valence electrons. The van der Waals surface area contributed by atoms with E-state index < -0.39 is 0 Å². The molecule has 0 unspecified atom stereocenters. The van der Waals surface area contributed by atoms with Crippen molar-refractivity contribution in [3.05, 3.63) is 29.2 Å². The lowest BCUT2D eigenvalue weighted by molar-refractivity contribution is 0.413. The van der Waals surface area contributed by atoms with Gasteiger partial charge < -0.3 is 19.3 Å². The molecule has 0 aliphatic carbocycles. The van der Waals surface area contributed by atoms with Crippen LogP contribution in [0.3, 0.4) is 0 Å². The molecule has 0 radical (unpaired) electrons. The van der Waals surface area contributed by atoms with Crippen LogP contribution in [0.2, 0.25) is 0 Å². The van der Waals surface area contributed by atoms with Crippen LogP contribution in [0.25, 0.3) is 21.9 Å². The fourth-order valence-corrected chi connectivity index (χ4v) is 2.46. The number of methoxy groups -OCH3 is 1. The summed E-state index contributed by atoms with van der Waals surface area (Å²) in [4.78, 5) is 0. The zero-order valence-electron chi connectivity index (χ0n) is 10.7. The molecule has 2 heterocycles. The minimum atomic E-state index is 0.406. The predicted molar refractivity (Wildman–Crippen MR) is 69.9 cm³/mol. The van der Waals surface area contributed by atoms with Gasteiger partial charge in [0.15, 0.2) is 11.3 Å². The van der Waals surface area contributed by atoms with E-state index in [2.05, 4.69) is 0 Å². The van der Waals surface area contributed by atoms with Crippen molar-refractivity contribution < 1.29 is 13.6 Å². The maximum Gasteiger partial charge on any atom is 0.177 e. The Labute approximate surface area is 104 Å². The second-order valence-electron chi connectivity index (χ2n) is 4.42. The molecule has 4 heteroatoms. The molecule has 0 saturated heterocycles. The van der Waals surface area contributed by atoms with Crippen LogP contribution < -0.4 is 10.5 Å². The van der Waals surface area contributed by atoms with E-state index >= 15 is 0 Å². The van der Waals surface area contributed by atoms with Crippen LogP contribution in [0.15, 0.2) is 21.0 Å². The molecule has 4 nitrogen and oxygen atoms in total. The lowest BCUT2D eigenvalue weighted by atomic mass is 10.1. The van der Waals surface area contributed by atoms with Gasteiger partial charge in [-0.05, 0) is 26.0 Å². The zero-order chi connectivity index (χ0) is 12.9. The standard InChI is InChI=1S/C14H15NO3/c1-7-4-9-11(6-15)12-10(5-8(2)17-12)13(16-3)14(9)18-7/h4-5H,6,15H2,1-3H3. The van der Waals surface area contributed by atoms with Crippen molar-refractivity contribution >= 4 is 21.9 Å². The predicted octanol–water partition coefficient (Wildman–Crippen LogP) is 3.26. The molecule has 0 atom stereocenters. The van der Waals surface area contributed by atoms with Crippen molar-refractivity contribution in [3.63, 3.8) is 0 Å². The molecule has 0 bridgehead atoms. The number of rotatable bonds is 2. The van der Waals surface area contributed by atoms with Crippen LogP contribution in [0, 0.1) is 13.8 Å². The summed E-state index contributed by atoms with van der Waals surface area (Å²) in [7, 11) is 1.64. The highest BCUT2D eigenvalue weighted by Gasteiger charge is 2.20. The first-order valence-corrected chi connectivity index (χ1v) is 5.85. The Morgan fingerprint density at radius 3 is 2.28 bits per heavy atom. The second-order valence-corrected chi connectivity index (χ2v) is 4.42. The normalized spacial score (nSPS) is 11.6. The van der Waals surface area contributed by atoms with Crippen LogP contribution in [0.1, 0.15) is 17.1 Å². The Bertz CT molecular complexity index is 620. The molecule has 3 aromatic rings. The molecule has 1 aromatic carbocycles. The lowest BCUT2D eigenvalue weighted by Crippen LogP contribution is -1.98. The fourth-order valence-electron chi connectivity index (χ4n) is 2.46.